The number of benzene rings is 2. The molecule has 2 heterocycles. The Labute approximate surface area is 172 Å². The van der Waals surface area contributed by atoms with Crippen LogP contribution in [0, 0.1) is 0 Å². The van der Waals surface area contributed by atoms with E-state index in [1.54, 1.807) is 18.2 Å². The molecule has 5 rings (SSSR count). The molecule has 1 atom stereocenters. The Bertz CT molecular complexity index is 991. The minimum atomic E-state index is -0.640. The van der Waals surface area contributed by atoms with Gasteiger partial charge in [-0.25, -0.2) is 9.67 Å². The summed E-state index contributed by atoms with van der Waals surface area (Å²) < 4.78 is 18.2. The van der Waals surface area contributed by atoms with Gasteiger partial charge in [0, 0.05) is 17.7 Å². The van der Waals surface area contributed by atoms with Gasteiger partial charge in [0.15, 0.2) is 11.5 Å². The van der Waals surface area contributed by atoms with Crippen molar-refractivity contribution in [1.82, 2.24) is 14.8 Å². The molecule has 1 saturated carbocycles. The third-order valence-electron chi connectivity index (χ3n) is 4.75. The number of para-hydroxylation sites is 1. The van der Waals surface area contributed by atoms with Gasteiger partial charge in [0.05, 0.1) is 11.8 Å². The van der Waals surface area contributed by atoms with E-state index in [4.69, 9.17) is 19.2 Å². The van der Waals surface area contributed by atoms with E-state index in [-0.39, 0.29) is 13.4 Å². The zero-order valence-electron chi connectivity index (χ0n) is 15.7. The fraction of sp³-hybridized carbons (Fsp3) is 0.333. The zero-order valence-corrected chi connectivity index (χ0v) is 16.5. The highest BCUT2D eigenvalue weighted by Gasteiger charge is 2.30. The quantitative estimate of drug-likeness (QED) is 0.569. The van der Waals surface area contributed by atoms with E-state index in [0.717, 1.165) is 24.4 Å². The zero-order chi connectivity index (χ0) is 19.6. The van der Waals surface area contributed by atoms with Crippen molar-refractivity contribution in [2.75, 3.05) is 19.2 Å². The molecule has 29 heavy (non-hydrogen) atoms. The van der Waals surface area contributed by atoms with Crippen LogP contribution in [0.5, 0.6) is 17.2 Å². The van der Waals surface area contributed by atoms with Crippen LogP contribution in [0.1, 0.15) is 24.6 Å². The van der Waals surface area contributed by atoms with Gasteiger partial charge in [0.1, 0.15) is 18.2 Å². The molecule has 2 aliphatic rings. The maximum atomic E-state index is 10.3. The largest absolute Gasteiger partial charge is 0.491 e. The van der Waals surface area contributed by atoms with E-state index in [1.165, 1.54) is 11.8 Å². The average Bonchev–Trinajstić information content (AvgIpc) is 3.34. The monoisotopic (exact) mass is 411 g/mol. The molecule has 1 N–H and O–H groups in total. The first-order chi connectivity index (χ1) is 14.3. The Morgan fingerprint density at radius 3 is 2.79 bits per heavy atom. The fourth-order valence-electron chi connectivity index (χ4n) is 3.11. The standard InChI is InChI=1S/C21H21N3O4S/c25-16(11-26-17-8-9-18-19(10-17)28-13-27-18)12-29-21-22-20(14-6-7-14)24(23-21)15-4-2-1-3-5-15/h1-5,8-10,14,16,25H,6-7,11-13H2. The van der Waals surface area contributed by atoms with Gasteiger partial charge in [-0.2, -0.15) is 0 Å². The predicted molar refractivity (Wildman–Crippen MR) is 108 cm³/mol. The van der Waals surface area contributed by atoms with Gasteiger partial charge in [-0.3, -0.25) is 0 Å². The molecule has 3 aromatic rings. The molecule has 1 aliphatic heterocycles. The lowest BCUT2D eigenvalue weighted by molar-refractivity contribution is 0.126. The number of hydrogen-bond acceptors (Lipinski definition) is 7. The second-order valence-electron chi connectivity index (χ2n) is 7.07. The van der Waals surface area contributed by atoms with Crippen LogP contribution in [0.3, 0.4) is 0 Å². The molecule has 150 valence electrons. The number of aliphatic hydroxyl groups is 1. The number of aliphatic hydroxyl groups excluding tert-OH is 1. The first-order valence-corrected chi connectivity index (χ1v) is 10.6. The molecule has 0 amide bonds. The summed E-state index contributed by atoms with van der Waals surface area (Å²) in [5.74, 6) is 3.95. The summed E-state index contributed by atoms with van der Waals surface area (Å²) in [6, 6.07) is 15.4. The number of thioether (sulfide) groups is 1. The normalized spacial score (nSPS) is 16.0. The predicted octanol–water partition coefficient (Wildman–Crippen LogP) is 3.41. The second-order valence-corrected chi connectivity index (χ2v) is 8.05. The van der Waals surface area contributed by atoms with Crippen LogP contribution in [-0.2, 0) is 0 Å². The average molecular weight is 411 g/mol. The Kier molecular flexibility index (Phi) is 5.03. The van der Waals surface area contributed by atoms with Crippen LogP contribution in [-0.4, -0.2) is 45.1 Å². The molecule has 1 aromatic heterocycles. The fourth-order valence-corrected chi connectivity index (χ4v) is 3.84. The van der Waals surface area contributed by atoms with Crippen molar-refractivity contribution in [2.24, 2.45) is 0 Å². The third-order valence-corrected chi connectivity index (χ3v) is 5.73. The van der Waals surface area contributed by atoms with Gasteiger partial charge in [-0.15, -0.1) is 5.10 Å². The molecular formula is C21H21N3O4S. The summed E-state index contributed by atoms with van der Waals surface area (Å²) in [6.07, 6.45) is 1.67. The maximum Gasteiger partial charge on any atom is 0.231 e. The van der Waals surface area contributed by atoms with Gasteiger partial charge in [0.25, 0.3) is 0 Å². The van der Waals surface area contributed by atoms with Crippen molar-refractivity contribution in [3.63, 3.8) is 0 Å². The lowest BCUT2D eigenvalue weighted by Crippen LogP contribution is -2.20. The van der Waals surface area contributed by atoms with Crippen LogP contribution in [0.25, 0.3) is 5.69 Å². The van der Waals surface area contributed by atoms with E-state index in [1.807, 2.05) is 35.0 Å². The van der Waals surface area contributed by atoms with Crippen molar-refractivity contribution in [2.45, 2.75) is 30.0 Å². The van der Waals surface area contributed by atoms with E-state index >= 15 is 0 Å². The van der Waals surface area contributed by atoms with Crippen LogP contribution >= 0.6 is 11.8 Å². The SMILES string of the molecule is OC(COc1ccc2c(c1)OCO2)CSc1nc(C2CC2)n(-c2ccccc2)n1. The van der Waals surface area contributed by atoms with Crippen LogP contribution < -0.4 is 14.2 Å². The minimum absolute atomic E-state index is 0.182. The van der Waals surface area contributed by atoms with Crippen molar-refractivity contribution in [1.29, 1.82) is 0 Å². The molecule has 0 spiro atoms. The molecule has 1 unspecified atom stereocenters. The van der Waals surface area contributed by atoms with Crippen molar-refractivity contribution in [3.05, 3.63) is 54.4 Å². The smallest absolute Gasteiger partial charge is 0.231 e. The molecule has 0 saturated heterocycles. The third kappa shape index (κ3) is 4.18. The van der Waals surface area contributed by atoms with Gasteiger partial charge in [-0.05, 0) is 37.1 Å². The highest BCUT2D eigenvalue weighted by atomic mass is 32.2. The summed E-state index contributed by atoms with van der Waals surface area (Å²) in [7, 11) is 0. The Balaban J connectivity index is 1.19. The highest BCUT2D eigenvalue weighted by molar-refractivity contribution is 7.99. The van der Waals surface area contributed by atoms with Gasteiger partial charge >= 0.3 is 0 Å². The summed E-state index contributed by atoms with van der Waals surface area (Å²) in [5, 5.41) is 15.7. The van der Waals surface area contributed by atoms with E-state index in [0.29, 0.717) is 34.1 Å². The summed E-state index contributed by atoms with van der Waals surface area (Å²) >= 11 is 1.44. The van der Waals surface area contributed by atoms with Gasteiger partial charge < -0.3 is 19.3 Å². The van der Waals surface area contributed by atoms with E-state index < -0.39 is 6.10 Å². The number of fused-ring (bicyclic) bond motifs is 1. The van der Waals surface area contributed by atoms with Crippen LogP contribution in [0.4, 0.5) is 0 Å². The number of ether oxygens (including phenoxy) is 3. The number of nitrogens with zero attached hydrogens (tertiary/aromatic N) is 3. The van der Waals surface area contributed by atoms with Crippen molar-refractivity contribution < 1.29 is 19.3 Å². The van der Waals surface area contributed by atoms with E-state index in [2.05, 4.69) is 5.10 Å². The molecule has 1 fully saturated rings. The minimum Gasteiger partial charge on any atom is -0.491 e. The molecule has 1 aliphatic carbocycles. The number of rotatable bonds is 8. The molecule has 2 aromatic carbocycles. The van der Waals surface area contributed by atoms with Gasteiger partial charge in [0.2, 0.25) is 11.9 Å². The lowest BCUT2D eigenvalue weighted by Gasteiger charge is -2.11. The van der Waals surface area contributed by atoms with Gasteiger partial charge in [-0.1, -0.05) is 30.0 Å². The number of hydrogen-bond donors (Lipinski definition) is 1. The first-order valence-electron chi connectivity index (χ1n) is 9.62. The Hall–Kier alpha value is -2.71. The maximum absolute atomic E-state index is 10.3. The molecule has 0 radical (unpaired) electrons. The lowest BCUT2D eigenvalue weighted by atomic mass is 10.3. The Morgan fingerprint density at radius 2 is 1.97 bits per heavy atom. The summed E-state index contributed by atoms with van der Waals surface area (Å²) in [4.78, 5) is 4.71. The second kappa shape index (κ2) is 7.96. The van der Waals surface area contributed by atoms with E-state index in [9.17, 15) is 5.11 Å². The Morgan fingerprint density at radius 1 is 1.14 bits per heavy atom. The molecule has 0 bridgehead atoms. The molecular weight excluding hydrogens is 390 g/mol. The van der Waals surface area contributed by atoms with Crippen LogP contribution in [0.15, 0.2) is 53.7 Å². The highest BCUT2D eigenvalue weighted by Crippen LogP contribution is 2.40. The summed E-state index contributed by atoms with van der Waals surface area (Å²) in [5.41, 5.74) is 1.01. The summed E-state index contributed by atoms with van der Waals surface area (Å²) in [6.45, 7) is 0.408. The number of aromatic nitrogens is 3. The molecule has 8 heteroatoms. The van der Waals surface area contributed by atoms with Crippen molar-refractivity contribution >= 4 is 11.8 Å². The molecule has 7 nitrogen and oxygen atoms in total. The first kappa shape index (κ1) is 18.3. The van der Waals surface area contributed by atoms with Crippen molar-refractivity contribution in [3.8, 4) is 22.9 Å². The topological polar surface area (TPSA) is 78.6 Å². The van der Waals surface area contributed by atoms with Crippen LogP contribution in [0.2, 0.25) is 0 Å².